The minimum absolute atomic E-state index is 0.0530. The van der Waals surface area contributed by atoms with Crippen LogP contribution in [0.25, 0.3) is 10.8 Å². The molecular weight excluding hydrogens is 434 g/mol. The maximum Gasteiger partial charge on any atom is 0.251 e. The zero-order chi connectivity index (χ0) is 23.1. The van der Waals surface area contributed by atoms with Gasteiger partial charge in [0.25, 0.3) is 5.91 Å². The van der Waals surface area contributed by atoms with Crippen LogP contribution in [-0.4, -0.2) is 58.2 Å². The molecule has 0 radical (unpaired) electrons. The first kappa shape index (κ1) is 21.9. The molecule has 1 N–H and O–H groups in total. The predicted octanol–water partition coefficient (Wildman–Crippen LogP) is 3.38. The van der Waals surface area contributed by atoms with Crippen LogP contribution >= 0.6 is 0 Å². The van der Waals surface area contributed by atoms with Crippen molar-refractivity contribution in [2.75, 3.05) is 43.3 Å². The molecule has 1 amide bonds. The van der Waals surface area contributed by atoms with Gasteiger partial charge >= 0.3 is 0 Å². The molecule has 2 aliphatic heterocycles. The minimum atomic E-state index is -3.30. The SMILES string of the molecule is CS(=O)(=O)N1CC2(CCN(CCNC(=O)c3ccc4ccccc4c3)CC2)c2ccccc21. The van der Waals surface area contributed by atoms with E-state index in [0.29, 0.717) is 18.7 Å². The Bertz CT molecular complexity index is 1300. The van der Waals surface area contributed by atoms with Crippen molar-refractivity contribution in [1.29, 1.82) is 0 Å². The Labute approximate surface area is 195 Å². The van der Waals surface area contributed by atoms with E-state index in [4.69, 9.17) is 0 Å². The Morgan fingerprint density at radius 2 is 1.67 bits per heavy atom. The van der Waals surface area contributed by atoms with E-state index in [1.54, 1.807) is 4.31 Å². The van der Waals surface area contributed by atoms with Crippen LogP contribution < -0.4 is 9.62 Å². The summed E-state index contributed by atoms with van der Waals surface area (Å²) in [6.45, 7) is 3.67. The summed E-state index contributed by atoms with van der Waals surface area (Å²) in [5, 5.41) is 5.23. The number of hydrogen-bond acceptors (Lipinski definition) is 4. The van der Waals surface area contributed by atoms with Gasteiger partial charge in [-0.3, -0.25) is 9.10 Å². The number of fused-ring (bicyclic) bond motifs is 3. The number of sulfonamides is 1. The van der Waals surface area contributed by atoms with Crippen LogP contribution in [0.5, 0.6) is 0 Å². The summed E-state index contributed by atoms with van der Waals surface area (Å²) in [5.74, 6) is -0.0530. The van der Waals surface area contributed by atoms with E-state index < -0.39 is 10.0 Å². The number of nitrogens with zero attached hydrogens (tertiary/aromatic N) is 2. The maximum atomic E-state index is 12.6. The Balaban J connectivity index is 1.18. The molecule has 1 fully saturated rings. The normalized spacial score (nSPS) is 17.9. The molecule has 0 saturated carbocycles. The first-order valence-electron chi connectivity index (χ1n) is 11.4. The third kappa shape index (κ3) is 4.23. The zero-order valence-corrected chi connectivity index (χ0v) is 19.6. The van der Waals surface area contributed by atoms with Crippen LogP contribution in [0.2, 0.25) is 0 Å². The van der Waals surface area contributed by atoms with Crippen molar-refractivity contribution in [2.45, 2.75) is 18.3 Å². The van der Waals surface area contributed by atoms with Gasteiger partial charge in [0.05, 0.1) is 11.9 Å². The number of likely N-dealkylation sites (tertiary alicyclic amines) is 1. The van der Waals surface area contributed by atoms with Gasteiger partial charge < -0.3 is 10.2 Å². The molecule has 7 heteroatoms. The average molecular weight is 464 g/mol. The summed E-state index contributed by atoms with van der Waals surface area (Å²) in [6.07, 6.45) is 3.11. The topological polar surface area (TPSA) is 69.7 Å². The second-order valence-corrected chi connectivity index (χ2v) is 11.1. The van der Waals surface area contributed by atoms with Gasteiger partial charge in [-0.05, 0) is 60.5 Å². The van der Waals surface area contributed by atoms with Crippen molar-refractivity contribution in [1.82, 2.24) is 10.2 Å². The summed E-state index contributed by atoms with van der Waals surface area (Å²) < 4.78 is 26.3. The number of benzene rings is 3. The van der Waals surface area contributed by atoms with Crippen molar-refractivity contribution < 1.29 is 13.2 Å². The fourth-order valence-electron chi connectivity index (χ4n) is 5.27. The number of carbonyl (C=O) groups excluding carboxylic acids is 1. The fourth-order valence-corrected chi connectivity index (χ4v) is 6.27. The smallest absolute Gasteiger partial charge is 0.251 e. The summed E-state index contributed by atoms with van der Waals surface area (Å²) in [5.41, 5.74) is 2.54. The molecule has 172 valence electrons. The first-order chi connectivity index (χ1) is 15.9. The van der Waals surface area contributed by atoms with E-state index >= 15 is 0 Å². The van der Waals surface area contributed by atoms with Crippen molar-refractivity contribution >= 4 is 32.4 Å². The van der Waals surface area contributed by atoms with Crippen molar-refractivity contribution in [3.05, 3.63) is 77.9 Å². The molecule has 2 heterocycles. The fraction of sp³-hybridized carbons (Fsp3) is 0.346. The van der Waals surface area contributed by atoms with Crippen molar-refractivity contribution in [3.8, 4) is 0 Å². The number of amides is 1. The lowest BCUT2D eigenvalue weighted by molar-refractivity contribution is 0.0942. The Hall–Kier alpha value is -2.90. The van der Waals surface area contributed by atoms with Gasteiger partial charge in [-0.15, -0.1) is 0 Å². The number of nitrogens with one attached hydrogen (secondary N) is 1. The molecule has 1 spiro atoms. The molecule has 6 nitrogen and oxygen atoms in total. The molecule has 3 aromatic rings. The highest BCUT2D eigenvalue weighted by Gasteiger charge is 2.46. The van der Waals surface area contributed by atoms with Crippen LogP contribution in [0.3, 0.4) is 0 Å². The number of anilines is 1. The molecule has 5 rings (SSSR count). The highest BCUT2D eigenvalue weighted by molar-refractivity contribution is 7.92. The van der Waals surface area contributed by atoms with E-state index in [9.17, 15) is 13.2 Å². The van der Waals surface area contributed by atoms with E-state index in [1.165, 1.54) is 6.26 Å². The lowest BCUT2D eigenvalue weighted by atomic mass is 9.74. The van der Waals surface area contributed by atoms with Gasteiger partial charge in [0.15, 0.2) is 0 Å². The lowest BCUT2D eigenvalue weighted by Crippen LogP contribution is -2.47. The van der Waals surface area contributed by atoms with E-state index in [0.717, 1.165) is 54.5 Å². The molecule has 0 aliphatic carbocycles. The van der Waals surface area contributed by atoms with Crippen LogP contribution in [0.4, 0.5) is 5.69 Å². The highest BCUT2D eigenvalue weighted by atomic mass is 32.2. The summed E-state index contributed by atoms with van der Waals surface area (Å²) in [7, 11) is -3.30. The highest BCUT2D eigenvalue weighted by Crippen LogP contribution is 2.47. The lowest BCUT2D eigenvalue weighted by Gasteiger charge is -2.39. The molecule has 3 aromatic carbocycles. The van der Waals surface area contributed by atoms with Gasteiger partial charge in [-0.2, -0.15) is 0 Å². The van der Waals surface area contributed by atoms with Crippen LogP contribution in [0, 0.1) is 0 Å². The quantitative estimate of drug-likeness (QED) is 0.630. The van der Waals surface area contributed by atoms with E-state index in [2.05, 4.69) is 16.3 Å². The largest absolute Gasteiger partial charge is 0.351 e. The van der Waals surface area contributed by atoms with Crippen molar-refractivity contribution in [3.63, 3.8) is 0 Å². The summed E-state index contributed by atoms with van der Waals surface area (Å²) >= 11 is 0. The molecule has 0 aromatic heterocycles. The van der Waals surface area contributed by atoms with Gasteiger partial charge in [-0.25, -0.2) is 8.42 Å². The van der Waals surface area contributed by atoms with Gasteiger partial charge in [0.1, 0.15) is 0 Å². The second-order valence-electron chi connectivity index (χ2n) is 9.23. The van der Waals surface area contributed by atoms with Gasteiger partial charge in [0, 0.05) is 30.6 Å². The number of rotatable bonds is 5. The molecule has 0 unspecified atom stereocenters. The Morgan fingerprint density at radius 1 is 0.970 bits per heavy atom. The number of para-hydroxylation sites is 1. The molecule has 1 saturated heterocycles. The molecule has 2 aliphatic rings. The molecule has 0 atom stereocenters. The van der Waals surface area contributed by atoms with Crippen LogP contribution in [-0.2, 0) is 15.4 Å². The van der Waals surface area contributed by atoms with E-state index in [1.807, 2.05) is 60.7 Å². The average Bonchev–Trinajstić information content (AvgIpc) is 3.15. The molecule has 33 heavy (non-hydrogen) atoms. The van der Waals surface area contributed by atoms with Gasteiger partial charge in [0.2, 0.25) is 10.0 Å². The molecular formula is C26H29N3O3S. The predicted molar refractivity (Wildman–Crippen MR) is 132 cm³/mol. The standard InChI is InChI=1S/C26H29N3O3S/c1-33(31,32)29-19-26(23-8-4-5-9-24(23)29)12-15-28(16-13-26)17-14-27-25(30)22-11-10-20-6-2-3-7-21(20)18-22/h2-11,18H,12-17,19H2,1H3,(H,27,30). The Morgan fingerprint density at radius 3 is 2.42 bits per heavy atom. The van der Waals surface area contributed by atoms with Crippen molar-refractivity contribution in [2.24, 2.45) is 0 Å². The number of piperidine rings is 1. The number of hydrogen-bond donors (Lipinski definition) is 1. The summed E-state index contributed by atoms with van der Waals surface area (Å²) in [4.78, 5) is 15.0. The van der Waals surface area contributed by atoms with Crippen LogP contribution in [0.15, 0.2) is 66.7 Å². The third-order valence-electron chi connectivity index (χ3n) is 7.13. The summed E-state index contributed by atoms with van der Waals surface area (Å²) in [6, 6.07) is 21.7. The maximum absolute atomic E-state index is 12.6. The van der Waals surface area contributed by atoms with Crippen LogP contribution in [0.1, 0.15) is 28.8 Å². The minimum Gasteiger partial charge on any atom is -0.351 e. The van der Waals surface area contributed by atoms with Gasteiger partial charge in [-0.1, -0.05) is 48.5 Å². The third-order valence-corrected chi connectivity index (χ3v) is 8.26. The first-order valence-corrected chi connectivity index (χ1v) is 13.3. The number of carbonyl (C=O) groups is 1. The monoisotopic (exact) mass is 463 g/mol. The Kier molecular flexibility index (Phi) is 5.62. The second kappa shape index (κ2) is 8.47. The zero-order valence-electron chi connectivity index (χ0n) is 18.8. The van der Waals surface area contributed by atoms with E-state index in [-0.39, 0.29) is 11.3 Å². The molecule has 0 bridgehead atoms.